The van der Waals surface area contributed by atoms with Gasteiger partial charge in [0.2, 0.25) is 0 Å². The zero-order chi connectivity index (χ0) is 15.2. The van der Waals surface area contributed by atoms with Crippen LogP contribution in [0.4, 0.5) is 5.00 Å². The van der Waals surface area contributed by atoms with Crippen LogP contribution in [0, 0.1) is 6.92 Å². The number of hydrogen-bond acceptors (Lipinski definition) is 3. The Hall–Kier alpha value is -2.14. The van der Waals surface area contributed by atoms with E-state index in [0.717, 1.165) is 22.0 Å². The van der Waals surface area contributed by atoms with E-state index in [1.54, 1.807) is 0 Å². The molecule has 0 aliphatic heterocycles. The lowest BCUT2D eigenvalue weighted by molar-refractivity contribution is -0.419. The lowest BCUT2D eigenvalue weighted by Gasteiger charge is -2.00. The number of amidine groups is 1. The van der Waals surface area contributed by atoms with Gasteiger partial charge in [0.25, 0.3) is 5.84 Å². The quantitative estimate of drug-likeness (QED) is 0.514. The SMILES string of the molecule is CCOC(=O)c1sc(NC(=[NH+]C)c2ccccc2)cc1C. The molecule has 0 saturated heterocycles. The first-order chi connectivity index (χ1) is 10.2. The van der Waals surface area contributed by atoms with E-state index < -0.39 is 0 Å². The molecule has 0 spiro atoms. The minimum Gasteiger partial charge on any atom is -0.462 e. The van der Waals surface area contributed by atoms with Crippen molar-refractivity contribution in [3.05, 3.63) is 52.4 Å². The van der Waals surface area contributed by atoms with E-state index in [1.165, 1.54) is 11.3 Å². The molecule has 0 unspecified atom stereocenters. The number of hydrogen-bond donors (Lipinski definition) is 2. The number of thiophene rings is 1. The third kappa shape index (κ3) is 3.70. The van der Waals surface area contributed by atoms with Gasteiger partial charge in [0.1, 0.15) is 4.88 Å². The van der Waals surface area contributed by atoms with Gasteiger partial charge in [-0.05, 0) is 31.5 Å². The minimum atomic E-state index is -0.265. The minimum absolute atomic E-state index is 0.265. The fourth-order valence-corrected chi connectivity index (χ4v) is 2.92. The van der Waals surface area contributed by atoms with Crippen LogP contribution in [-0.4, -0.2) is 25.5 Å². The summed E-state index contributed by atoms with van der Waals surface area (Å²) in [5.74, 6) is 0.631. The zero-order valence-electron chi connectivity index (χ0n) is 12.4. The van der Waals surface area contributed by atoms with Crippen LogP contribution >= 0.6 is 11.3 Å². The molecule has 21 heavy (non-hydrogen) atoms. The van der Waals surface area contributed by atoms with Crippen LogP contribution in [0.15, 0.2) is 36.4 Å². The number of rotatable bonds is 4. The van der Waals surface area contributed by atoms with Crippen LogP contribution < -0.4 is 10.3 Å². The molecule has 2 rings (SSSR count). The lowest BCUT2D eigenvalue weighted by atomic mass is 10.2. The molecule has 1 aromatic heterocycles. The average molecular weight is 303 g/mol. The van der Waals surface area contributed by atoms with E-state index in [0.29, 0.717) is 11.5 Å². The normalized spacial score (nSPS) is 11.3. The van der Waals surface area contributed by atoms with Gasteiger partial charge in [-0.2, -0.15) is 0 Å². The molecule has 0 saturated carbocycles. The Kier molecular flexibility index (Phi) is 5.11. The van der Waals surface area contributed by atoms with Gasteiger partial charge < -0.3 is 4.74 Å². The van der Waals surface area contributed by atoms with Crippen LogP contribution in [0.2, 0.25) is 0 Å². The van der Waals surface area contributed by atoms with Gasteiger partial charge in [-0.1, -0.05) is 29.5 Å². The fourth-order valence-electron chi connectivity index (χ4n) is 1.95. The van der Waals surface area contributed by atoms with E-state index in [4.69, 9.17) is 4.74 Å². The summed E-state index contributed by atoms with van der Waals surface area (Å²) in [5.41, 5.74) is 1.98. The average Bonchev–Trinajstić information content (AvgIpc) is 2.87. The third-order valence-corrected chi connectivity index (χ3v) is 4.07. The van der Waals surface area contributed by atoms with Crippen LogP contribution in [0.3, 0.4) is 0 Å². The molecule has 4 nitrogen and oxygen atoms in total. The molecule has 0 bridgehead atoms. The number of benzene rings is 1. The van der Waals surface area contributed by atoms with Crippen LogP contribution in [0.25, 0.3) is 0 Å². The second kappa shape index (κ2) is 7.04. The summed E-state index contributed by atoms with van der Waals surface area (Å²) in [6, 6.07) is 11.9. The molecule has 110 valence electrons. The Balaban J connectivity index is 2.20. The van der Waals surface area contributed by atoms with Crippen molar-refractivity contribution in [1.29, 1.82) is 0 Å². The summed E-state index contributed by atoms with van der Waals surface area (Å²) < 4.78 is 5.06. The first-order valence-corrected chi connectivity index (χ1v) is 7.62. The first-order valence-electron chi connectivity index (χ1n) is 6.80. The van der Waals surface area contributed by atoms with Crippen molar-refractivity contribution < 1.29 is 14.5 Å². The number of esters is 1. The number of anilines is 1. The summed E-state index contributed by atoms with van der Waals surface area (Å²) >= 11 is 1.40. The van der Waals surface area contributed by atoms with E-state index in [1.807, 2.05) is 57.3 Å². The maximum absolute atomic E-state index is 11.8. The molecule has 5 heteroatoms. The Bertz CT molecular complexity index is 648. The smallest absolute Gasteiger partial charge is 0.348 e. The first kappa shape index (κ1) is 15.3. The van der Waals surface area contributed by atoms with Crippen molar-refractivity contribution in [2.75, 3.05) is 19.0 Å². The molecule has 2 N–H and O–H groups in total. The second-order valence-corrected chi connectivity index (χ2v) is 5.51. The molecular formula is C16H19N2O2S+. The van der Waals surface area contributed by atoms with Crippen molar-refractivity contribution in [3.63, 3.8) is 0 Å². The van der Waals surface area contributed by atoms with Gasteiger partial charge in [-0.25, -0.2) is 10.1 Å². The number of carbonyl (C=O) groups is 1. The van der Waals surface area contributed by atoms with Crippen molar-refractivity contribution >= 4 is 28.1 Å². The Morgan fingerprint density at radius 1 is 1.33 bits per heavy atom. The number of ether oxygens (including phenoxy) is 1. The fraction of sp³-hybridized carbons (Fsp3) is 0.250. The van der Waals surface area contributed by atoms with Gasteiger partial charge in [-0.3, -0.25) is 4.99 Å². The van der Waals surface area contributed by atoms with Gasteiger partial charge >= 0.3 is 5.97 Å². The molecule has 0 amide bonds. The van der Waals surface area contributed by atoms with Crippen molar-refractivity contribution in [3.8, 4) is 0 Å². The highest BCUT2D eigenvalue weighted by atomic mass is 32.1. The predicted molar refractivity (Wildman–Crippen MR) is 86.1 cm³/mol. The van der Waals surface area contributed by atoms with Gasteiger partial charge in [0, 0.05) is 6.07 Å². The highest BCUT2D eigenvalue weighted by molar-refractivity contribution is 7.18. The topological polar surface area (TPSA) is 52.3 Å². The number of carbonyl (C=O) groups excluding carboxylic acids is 1. The van der Waals surface area contributed by atoms with Crippen LogP contribution in [-0.2, 0) is 4.74 Å². The standard InChI is InChI=1S/C16H18N2O2S/c1-4-20-16(19)14-11(2)10-13(21-14)18-15(17-3)12-8-6-5-7-9-12/h5-10H,4H2,1-3H3,(H,17,18)/p+1. The largest absolute Gasteiger partial charge is 0.462 e. The summed E-state index contributed by atoms with van der Waals surface area (Å²) in [7, 11) is 1.86. The maximum atomic E-state index is 11.8. The van der Waals surface area contributed by atoms with Gasteiger partial charge in [0.05, 0.1) is 19.2 Å². The van der Waals surface area contributed by atoms with E-state index in [9.17, 15) is 4.79 Å². The lowest BCUT2D eigenvalue weighted by Crippen LogP contribution is -2.70. The Labute approximate surface area is 128 Å². The Morgan fingerprint density at radius 3 is 2.67 bits per heavy atom. The van der Waals surface area contributed by atoms with Crippen LogP contribution in [0.1, 0.15) is 27.7 Å². The van der Waals surface area contributed by atoms with Crippen LogP contribution in [0.5, 0.6) is 0 Å². The van der Waals surface area contributed by atoms with Gasteiger partial charge in [0.15, 0.2) is 5.00 Å². The molecule has 1 aromatic carbocycles. The molecule has 0 radical (unpaired) electrons. The molecule has 0 aliphatic carbocycles. The summed E-state index contributed by atoms with van der Waals surface area (Å²) in [6.45, 7) is 4.11. The molecule has 0 fully saturated rings. The molecule has 2 aromatic rings. The van der Waals surface area contributed by atoms with Crippen molar-refractivity contribution in [2.24, 2.45) is 0 Å². The van der Waals surface area contributed by atoms with E-state index in [2.05, 4.69) is 10.3 Å². The van der Waals surface area contributed by atoms with Crippen molar-refractivity contribution in [2.45, 2.75) is 13.8 Å². The van der Waals surface area contributed by atoms with E-state index >= 15 is 0 Å². The third-order valence-electron chi connectivity index (χ3n) is 2.94. The molecule has 0 aliphatic rings. The second-order valence-electron chi connectivity index (χ2n) is 4.46. The highest BCUT2D eigenvalue weighted by Gasteiger charge is 2.18. The zero-order valence-corrected chi connectivity index (χ0v) is 13.2. The number of aryl methyl sites for hydroxylation is 1. The Morgan fingerprint density at radius 2 is 2.05 bits per heavy atom. The molecular weight excluding hydrogens is 284 g/mol. The van der Waals surface area contributed by atoms with Crippen molar-refractivity contribution in [1.82, 2.24) is 0 Å². The number of nitrogens with one attached hydrogen (secondary N) is 2. The predicted octanol–water partition coefficient (Wildman–Crippen LogP) is 1.80. The molecule has 1 heterocycles. The van der Waals surface area contributed by atoms with Gasteiger partial charge in [-0.15, -0.1) is 0 Å². The summed E-state index contributed by atoms with van der Waals surface area (Å²) in [5, 5.41) is 4.23. The monoisotopic (exact) mass is 303 g/mol. The summed E-state index contributed by atoms with van der Waals surface area (Å²) in [6.07, 6.45) is 0. The van der Waals surface area contributed by atoms with E-state index in [-0.39, 0.29) is 5.97 Å². The maximum Gasteiger partial charge on any atom is 0.348 e. The summed E-state index contributed by atoms with van der Waals surface area (Å²) in [4.78, 5) is 15.6. The highest BCUT2D eigenvalue weighted by Crippen LogP contribution is 2.27. The molecule has 0 atom stereocenters.